The van der Waals surface area contributed by atoms with E-state index in [4.69, 9.17) is 0 Å². The Labute approximate surface area is 304 Å². The van der Waals surface area contributed by atoms with Crippen LogP contribution in [0.5, 0.6) is 0 Å². The van der Waals surface area contributed by atoms with E-state index >= 15 is 0 Å². The number of rotatable bonds is 3. The van der Waals surface area contributed by atoms with Crippen molar-refractivity contribution in [1.82, 2.24) is 0 Å². The highest BCUT2D eigenvalue weighted by Gasteiger charge is 2.21. The molecule has 0 nitrogen and oxygen atoms in total. The molecule has 11 rings (SSSR count). The van der Waals surface area contributed by atoms with Crippen LogP contribution in [0, 0.1) is 0 Å². The van der Waals surface area contributed by atoms with Crippen LogP contribution < -0.4 is 0 Å². The molecule has 2 aromatic heterocycles. The fourth-order valence-corrected chi connectivity index (χ4v) is 13.7. The van der Waals surface area contributed by atoms with Crippen molar-refractivity contribution in [2.75, 3.05) is 0 Å². The van der Waals surface area contributed by atoms with Crippen molar-refractivity contribution < 1.29 is 0 Å². The minimum absolute atomic E-state index is 0.477. The second-order valence-corrected chi connectivity index (χ2v) is 18.2. The number of hydrogen-bond acceptors (Lipinski definition) is 0. The first-order chi connectivity index (χ1) is 25.7. The van der Waals surface area contributed by atoms with Gasteiger partial charge in [0.1, 0.15) is 0 Å². The van der Waals surface area contributed by atoms with Crippen LogP contribution in [0.25, 0.3) is 108 Å². The highest BCUT2D eigenvalue weighted by molar-refractivity contribution is 7.60. The maximum absolute atomic E-state index is 2.53. The molecule has 0 fully saturated rings. The molecule has 0 radical (unpaired) electrons. The first-order valence-electron chi connectivity index (χ1n) is 18.1. The molecule has 0 saturated heterocycles. The van der Waals surface area contributed by atoms with Crippen LogP contribution in [0.2, 0.25) is 0 Å². The van der Waals surface area contributed by atoms with Gasteiger partial charge in [-0.2, -0.15) is 0 Å². The van der Waals surface area contributed by atoms with E-state index < -0.39 is 15.1 Å². The lowest BCUT2D eigenvalue weighted by molar-refractivity contribution is 1.68. The number of fused-ring (bicyclic) bond motifs is 9. The summed E-state index contributed by atoms with van der Waals surface area (Å²) >= 11 is 0. The maximum atomic E-state index is 2.53. The largest absolute Gasteiger partial charge is 0.111 e. The van der Waals surface area contributed by atoms with Crippen LogP contribution in [-0.2, 0) is 13.3 Å². The maximum Gasteiger partial charge on any atom is 0.00996 e. The molecule has 2 atom stereocenters. The van der Waals surface area contributed by atoms with Gasteiger partial charge in [0.05, 0.1) is 0 Å². The van der Waals surface area contributed by atoms with Gasteiger partial charge < -0.3 is 0 Å². The minimum Gasteiger partial charge on any atom is -0.111 e. The molecule has 11 aromatic rings. The lowest BCUT2D eigenvalue weighted by atomic mass is 9.85. The Morgan fingerprint density at radius 3 is 1.23 bits per heavy atom. The van der Waals surface area contributed by atoms with Crippen molar-refractivity contribution in [3.05, 3.63) is 170 Å². The number of hydrogen-bond donors (Lipinski definition) is 0. The molecule has 0 aliphatic heterocycles. The molecular weight excluding hydrogens is 662 g/mol. The first-order valence-corrected chi connectivity index (χ1v) is 21.6. The van der Waals surface area contributed by atoms with Crippen molar-refractivity contribution in [3.63, 3.8) is 0 Å². The molecule has 2 heteroatoms. The van der Waals surface area contributed by atoms with Crippen LogP contribution in [0.15, 0.2) is 170 Å². The van der Waals surface area contributed by atoms with Gasteiger partial charge in [-0.05, 0) is 107 Å². The Kier molecular flexibility index (Phi) is 6.60. The molecule has 0 aliphatic carbocycles. The summed E-state index contributed by atoms with van der Waals surface area (Å²) in [6, 6.07) is 64.2. The van der Waals surface area contributed by atoms with E-state index in [1.807, 2.05) is 0 Å². The van der Waals surface area contributed by atoms with Crippen LogP contribution in [0.3, 0.4) is 0 Å². The van der Waals surface area contributed by atoms with Gasteiger partial charge in [0, 0.05) is 20.5 Å². The molecule has 0 amide bonds. The van der Waals surface area contributed by atoms with Crippen LogP contribution >= 0.6 is 15.1 Å². The summed E-state index contributed by atoms with van der Waals surface area (Å²) in [4.78, 5) is 0. The zero-order chi connectivity index (χ0) is 34.5. The number of aryl methyl sites for hydroxylation is 2. The van der Waals surface area contributed by atoms with Crippen LogP contribution in [0.1, 0.15) is 0 Å². The third-order valence-corrected chi connectivity index (χ3v) is 16.1. The summed E-state index contributed by atoms with van der Waals surface area (Å²) < 4.78 is 0. The summed E-state index contributed by atoms with van der Waals surface area (Å²) in [7, 11) is -0.955. The van der Waals surface area contributed by atoms with Crippen LogP contribution in [0.4, 0.5) is 0 Å². The normalized spacial score (nSPS) is 12.7. The van der Waals surface area contributed by atoms with Gasteiger partial charge in [-0.3, -0.25) is 0 Å². The predicted octanol–water partition coefficient (Wildman–Crippen LogP) is 15.8. The average Bonchev–Trinajstić information content (AvgIpc) is 3.67. The zero-order valence-corrected chi connectivity index (χ0v) is 30.8. The van der Waals surface area contributed by atoms with Crippen molar-refractivity contribution in [2.24, 2.45) is 13.3 Å². The van der Waals surface area contributed by atoms with Gasteiger partial charge in [0.2, 0.25) is 0 Å². The van der Waals surface area contributed by atoms with E-state index in [9.17, 15) is 0 Å². The van der Waals surface area contributed by atoms with E-state index in [2.05, 4.69) is 183 Å². The molecule has 9 aromatic carbocycles. The SMILES string of the molecule is Cp1c2ccccc2c2cccc(-c3cccc4c(-c5cccc6ccccc56)c5cccc(-c6cccc7c8ccccc8p(C)c67)c5cc34)c21. The lowest BCUT2D eigenvalue weighted by Gasteiger charge is -2.19. The highest BCUT2D eigenvalue weighted by atomic mass is 31.1. The summed E-state index contributed by atoms with van der Waals surface area (Å²) in [5.74, 6) is 0. The van der Waals surface area contributed by atoms with E-state index in [0.717, 1.165) is 0 Å². The minimum atomic E-state index is -0.477. The Balaban J connectivity index is 1.32. The molecule has 2 unspecified atom stereocenters. The van der Waals surface area contributed by atoms with E-state index in [-0.39, 0.29) is 0 Å². The number of benzene rings is 9. The van der Waals surface area contributed by atoms with Crippen molar-refractivity contribution in [2.45, 2.75) is 0 Å². The molecule has 244 valence electrons. The van der Waals surface area contributed by atoms with Crippen molar-refractivity contribution >= 4 is 89.4 Å². The third-order valence-electron chi connectivity index (χ3n) is 11.5. The molecule has 52 heavy (non-hydrogen) atoms. The fraction of sp³-hybridized carbons (Fsp3) is 0.0400. The van der Waals surface area contributed by atoms with Crippen molar-refractivity contribution in [3.8, 4) is 33.4 Å². The standard InChI is InChI=1S/C50H34P2/c1-51-46-28-7-5-17-35(46)42-26-12-24-40(49(42)51)33-19-10-22-38-44(33)30-45-34(41-25-13-27-43-36-18-6-8-29-47(36)52(2)50(41)43)20-11-23-39(45)48(38)37-21-9-15-31-14-3-4-16-32(31)37/h3-30H,1-2H3. The fourth-order valence-electron chi connectivity index (χ4n) is 9.28. The lowest BCUT2D eigenvalue weighted by Crippen LogP contribution is -1.91. The van der Waals surface area contributed by atoms with Gasteiger partial charge in [-0.25, -0.2) is 0 Å². The summed E-state index contributed by atoms with van der Waals surface area (Å²) in [5, 5.41) is 19.3. The summed E-state index contributed by atoms with van der Waals surface area (Å²) in [6.07, 6.45) is 0. The quantitative estimate of drug-likeness (QED) is 0.161. The molecule has 0 aliphatic rings. The highest BCUT2D eigenvalue weighted by Crippen LogP contribution is 2.54. The Hall–Kier alpha value is -5.64. The Morgan fingerprint density at radius 2 is 0.673 bits per heavy atom. The molecular formula is C50H34P2. The zero-order valence-electron chi connectivity index (χ0n) is 29.1. The summed E-state index contributed by atoms with van der Waals surface area (Å²) in [5.41, 5.74) is 7.96. The first kappa shape index (κ1) is 30.0. The monoisotopic (exact) mass is 696 g/mol. The third kappa shape index (κ3) is 4.17. The van der Waals surface area contributed by atoms with Gasteiger partial charge >= 0.3 is 0 Å². The molecule has 0 bridgehead atoms. The van der Waals surface area contributed by atoms with Crippen molar-refractivity contribution in [1.29, 1.82) is 0 Å². The van der Waals surface area contributed by atoms with Gasteiger partial charge in [-0.15, -0.1) is 15.1 Å². The topological polar surface area (TPSA) is 0 Å². The molecule has 0 saturated carbocycles. The smallest absolute Gasteiger partial charge is 0.00996 e. The van der Waals surface area contributed by atoms with E-state index in [1.54, 1.807) is 0 Å². The second kappa shape index (κ2) is 11.4. The summed E-state index contributed by atoms with van der Waals surface area (Å²) in [6.45, 7) is 4.89. The van der Waals surface area contributed by atoms with Gasteiger partial charge in [0.25, 0.3) is 0 Å². The second-order valence-electron chi connectivity index (χ2n) is 14.1. The predicted molar refractivity (Wildman–Crippen MR) is 233 cm³/mol. The van der Waals surface area contributed by atoms with Gasteiger partial charge in [-0.1, -0.05) is 164 Å². The van der Waals surface area contributed by atoms with E-state index in [0.29, 0.717) is 0 Å². The Bertz CT molecular complexity index is 3080. The Morgan fingerprint density at radius 1 is 0.288 bits per heavy atom. The molecule has 0 spiro atoms. The average molecular weight is 697 g/mol. The molecule has 0 N–H and O–H groups in total. The molecule has 2 heterocycles. The van der Waals surface area contributed by atoms with Gasteiger partial charge in [0.15, 0.2) is 0 Å². The van der Waals surface area contributed by atoms with E-state index in [1.165, 1.54) is 108 Å². The van der Waals surface area contributed by atoms with Crippen LogP contribution in [-0.4, -0.2) is 0 Å².